The van der Waals surface area contributed by atoms with Gasteiger partial charge in [0, 0.05) is 6.54 Å². The summed E-state index contributed by atoms with van der Waals surface area (Å²) in [6.07, 6.45) is 0. The van der Waals surface area contributed by atoms with Crippen molar-refractivity contribution in [2.75, 3.05) is 7.11 Å². The molecule has 1 atom stereocenters. The molecule has 0 bridgehead atoms. The number of esters is 1. The van der Waals surface area contributed by atoms with Crippen LogP contribution in [0.15, 0.2) is 30.3 Å². The van der Waals surface area contributed by atoms with Crippen LogP contribution in [0.2, 0.25) is 0 Å². The van der Waals surface area contributed by atoms with Gasteiger partial charge >= 0.3 is 5.97 Å². The van der Waals surface area contributed by atoms with Crippen molar-refractivity contribution in [2.24, 2.45) is 0 Å². The summed E-state index contributed by atoms with van der Waals surface area (Å²) in [5.41, 5.74) is 1.11. The van der Waals surface area contributed by atoms with Gasteiger partial charge in [0.1, 0.15) is 11.8 Å². The molecule has 7 nitrogen and oxygen atoms in total. The second-order valence-electron chi connectivity index (χ2n) is 7.67. The van der Waals surface area contributed by atoms with Crippen LogP contribution >= 0.6 is 11.3 Å². The van der Waals surface area contributed by atoms with Gasteiger partial charge in [-0.2, -0.15) is 0 Å². The predicted molar refractivity (Wildman–Crippen MR) is 111 cm³/mol. The van der Waals surface area contributed by atoms with Crippen molar-refractivity contribution in [1.82, 2.24) is 10.6 Å². The van der Waals surface area contributed by atoms with Gasteiger partial charge in [-0.05, 0) is 41.7 Å². The molecule has 2 amide bonds. The summed E-state index contributed by atoms with van der Waals surface area (Å²) in [6, 6.07) is 7.53. The molecule has 1 heterocycles. The van der Waals surface area contributed by atoms with Crippen LogP contribution in [0.25, 0.3) is 0 Å². The Morgan fingerprint density at radius 3 is 2.45 bits per heavy atom. The van der Waals surface area contributed by atoms with Crippen molar-refractivity contribution in [3.63, 3.8) is 0 Å². The van der Waals surface area contributed by atoms with Crippen molar-refractivity contribution >= 4 is 29.1 Å². The Morgan fingerprint density at radius 1 is 1.17 bits per heavy atom. The number of hydrogen-bond donors (Lipinski definition) is 3. The van der Waals surface area contributed by atoms with E-state index in [4.69, 9.17) is 0 Å². The van der Waals surface area contributed by atoms with E-state index >= 15 is 0 Å². The summed E-state index contributed by atoms with van der Waals surface area (Å²) < 4.78 is 4.64. The third-order valence-corrected chi connectivity index (χ3v) is 5.37. The third-order valence-electron chi connectivity index (χ3n) is 4.24. The van der Waals surface area contributed by atoms with Crippen LogP contribution in [0.3, 0.4) is 0 Å². The molecule has 0 aliphatic carbocycles. The van der Waals surface area contributed by atoms with E-state index < -0.39 is 17.9 Å². The van der Waals surface area contributed by atoms with E-state index in [1.54, 1.807) is 30.3 Å². The number of ether oxygens (including phenoxy) is 1. The summed E-state index contributed by atoms with van der Waals surface area (Å²) in [7, 11) is 1.26. The van der Waals surface area contributed by atoms with Crippen LogP contribution in [0.1, 0.15) is 58.2 Å². The molecule has 8 heteroatoms. The number of rotatable bonds is 6. The van der Waals surface area contributed by atoms with Crippen LogP contribution in [0.4, 0.5) is 0 Å². The highest BCUT2D eigenvalue weighted by Crippen LogP contribution is 2.33. The highest BCUT2D eigenvalue weighted by atomic mass is 32.1. The first-order chi connectivity index (χ1) is 13.5. The van der Waals surface area contributed by atoms with Crippen LogP contribution < -0.4 is 10.6 Å². The lowest BCUT2D eigenvalue weighted by molar-refractivity contribution is -0.142. The number of thiophene rings is 1. The molecule has 0 aliphatic heterocycles. The molecule has 29 heavy (non-hydrogen) atoms. The monoisotopic (exact) mass is 418 g/mol. The molecule has 0 spiro atoms. The molecular formula is C21H26N2O5S. The number of carbonyl (C=O) groups is 3. The van der Waals surface area contributed by atoms with Gasteiger partial charge in [-0.25, -0.2) is 4.79 Å². The molecule has 156 valence electrons. The lowest BCUT2D eigenvalue weighted by Gasteiger charge is -2.19. The van der Waals surface area contributed by atoms with Gasteiger partial charge in [0.2, 0.25) is 0 Å². The number of carbonyl (C=O) groups excluding carboxylic acids is 3. The van der Waals surface area contributed by atoms with Crippen molar-refractivity contribution in [3.05, 3.63) is 51.2 Å². The molecule has 2 aromatic rings. The zero-order valence-corrected chi connectivity index (χ0v) is 18.0. The molecule has 1 unspecified atom stereocenters. The highest BCUT2D eigenvalue weighted by Gasteiger charge is 2.28. The predicted octanol–water partition coefficient (Wildman–Crippen LogP) is 2.97. The molecule has 0 saturated carbocycles. The van der Waals surface area contributed by atoms with Gasteiger partial charge in [-0.3, -0.25) is 9.59 Å². The maximum absolute atomic E-state index is 12.7. The van der Waals surface area contributed by atoms with E-state index in [1.807, 2.05) is 20.8 Å². The fourth-order valence-corrected chi connectivity index (χ4v) is 3.85. The lowest BCUT2D eigenvalue weighted by atomic mass is 9.87. The molecule has 0 radical (unpaired) electrons. The summed E-state index contributed by atoms with van der Waals surface area (Å²) in [4.78, 5) is 37.7. The molecule has 0 saturated heterocycles. The van der Waals surface area contributed by atoms with Crippen molar-refractivity contribution in [3.8, 4) is 5.75 Å². The average Bonchev–Trinajstić information content (AvgIpc) is 3.11. The number of amides is 2. The van der Waals surface area contributed by atoms with Crippen LogP contribution in [-0.4, -0.2) is 36.0 Å². The Bertz CT molecular complexity index is 914. The Morgan fingerprint density at radius 2 is 1.86 bits per heavy atom. The number of benzene rings is 1. The Kier molecular flexibility index (Phi) is 7.02. The van der Waals surface area contributed by atoms with Crippen molar-refractivity contribution in [1.29, 1.82) is 0 Å². The van der Waals surface area contributed by atoms with E-state index in [1.165, 1.54) is 14.0 Å². The zero-order valence-electron chi connectivity index (χ0n) is 17.2. The van der Waals surface area contributed by atoms with E-state index in [-0.39, 0.29) is 23.6 Å². The van der Waals surface area contributed by atoms with Gasteiger partial charge in [0.25, 0.3) is 11.8 Å². The minimum Gasteiger partial charge on any atom is -0.508 e. The maximum Gasteiger partial charge on any atom is 0.328 e. The first-order valence-electron chi connectivity index (χ1n) is 9.12. The Balaban J connectivity index is 2.22. The summed E-state index contributed by atoms with van der Waals surface area (Å²) in [5.74, 6) is -1.16. The normalized spacial score (nSPS) is 12.2. The molecule has 2 rings (SSSR count). The van der Waals surface area contributed by atoms with Gasteiger partial charge in [-0.15, -0.1) is 11.3 Å². The highest BCUT2D eigenvalue weighted by molar-refractivity contribution is 7.16. The standard InChI is InChI=1S/C21H26N2O5S/c1-12(20(27)28-5)23-19(26)17-15(21(2,3)4)10-16(29-17)18(25)22-11-13-7-6-8-14(24)9-13/h6-10,12,24H,11H2,1-5H3,(H,22,25)(H,23,26). The minimum atomic E-state index is -0.801. The molecule has 0 aliphatic rings. The van der Waals surface area contributed by atoms with E-state index in [2.05, 4.69) is 15.4 Å². The molecule has 3 N–H and O–H groups in total. The number of phenolic OH excluding ortho intramolecular Hbond substituents is 1. The van der Waals surface area contributed by atoms with E-state index in [0.29, 0.717) is 9.75 Å². The minimum absolute atomic E-state index is 0.126. The smallest absolute Gasteiger partial charge is 0.328 e. The third kappa shape index (κ3) is 5.80. The topological polar surface area (TPSA) is 105 Å². The van der Waals surface area contributed by atoms with Crippen molar-refractivity contribution < 1.29 is 24.2 Å². The van der Waals surface area contributed by atoms with E-state index in [9.17, 15) is 19.5 Å². The number of nitrogens with one attached hydrogen (secondary N) is 2. The number of methoxy groups -OCH3 is 1. The summed E-state index contributed by atoms with van der Waals surface area (Å²) >= 11 is 1.08. The number of aromatic hydroxyl groups is 1. The first-order valence-corrected chi connectivity index (χ1v) is 9.93. The fraction of sp³-hybridized carbons (Fsp3) is 0.381. The van der Waals surface area contributed by atoms with Gasteiger partial charge in [0.15, 0.2) is 0 Å². The van der Waals surface area contributed by atoms with Crippen LogP contribution in [0, 0.1) is 0 Å². The molecule has 1 aromatic carbocycles. The molecule has 1 aromatic heterocycles. The fourth-order valence-electron chi connectivity index (χ4n) is 2.66. The van der Waals surface area contributed by atoms with Crippen LogP contribution in [-0.2, 0) is 21.5 Å². The zero-order chi connectivity index (χ0) is 21.8. The Labute approximate surface area is 174 Å². The molecule has 0 fully saturated rings. The second-order valence-corrected chi connectivity index (χ2v) is 8.73. The van der Waals surface area contributed by atoms with Crippen molar-refractivity contribution in [2.45, 2.75) is 45.7 Å². The number of hydrogen-bond acceptors (Lipinski definition) is 6. The van der Waals surface area contributed by atoms with E-state index in [0.717, 1.165) is 22.5 Å². The average molecular weight is 419 g/mol. The van der Waals surface area contributed by atoms with Gasteiger partial charge in [0.05, 0.1) is 16.9 Å². The molecular weight excluding hydrogens is 392 g/mol. The lowest BCUT2D eigenvalue weighted by Crippen LogP contribution is -2.39. The quantitative estimate of drug-likeness (QED) is 0.626. The number of phenols is 1. The second kappa shape index (κ2) is 9.09. The summed E-state index contributed by atoms with van der Waals surface area (Å²) in [6.45, 7) is 7.63. The maximum atomic E-state index is 12.7. The SMILES string of the molecule is COC(=O)C(C)NC(=O)c1sc(C(=O)NCc2cccc(O)c2)cc1C(C)(C)C. The van der Waals surface area contributed by atoms with Crippen LogP contribution in [0.5, 0.6) is 5.75 Å². The van der Waals surface area contributed by atoms with Gasteiger partial charge < -0.3 is 20.5 Å². The first kappa shape index (κ1) is 22.4. The largest absolute Gasteiger partial charge is 0.508 e. The Hall–Kier alpha value is -2.87. The van der Waals surface area contributed by atoms with Gasteiger partial charge in [-0.1, -0.05) is 32.9 Å². The summed E-state index contributed by atoms with van der Waals surface area (Å²) in [5, 5.41) is 14.9.